The van der Waals surface area contributed by atoms with E-state index in [1.54, 1.807) is 6.20 Å². The van der Waals surface area contributed by atoms with Crippen LogP contribution in [-0.2, 0) is 6.54 Å². The summed E-state index contributed by atoms with van der Waals surface area (Å²) in [5.74, 6) is 0. The third-order valence-electron chi connectivity index (χ3n) is 3.62. The van der Waals surface area contributed by atoms with Gasteiger partial charge in [-0.1, -0.05) is 51.6 Å². The van der Waals surface area contributed by atoms with Crippen molar-refractivity contribution >= 4 is 35.0 Å². The SMILES string of the molecule is CCCCCC(C)(C)Cn1c(=S)[nH]c2cc(Cl)cnc21. The molecule has 1 N–H and O–H groups in total. The van der Waals surface area contributed by atoms with E-state index in [1.165, 1.54) is 25.7 Å². The van der Waals surface area contributed by atoms with Crippen LogP contribution in [0.3, 0.4) is 0 Å². The van der Waals surface area contributed by atoms with Crippen LogP contribution in [0.25, 0.3) is 11.2 Å². The second-order valence-corrected chi connectivity index (χ2v) is 6.99. The quantitative estimate of drug-likeness (QED) is 0.576. The van der Waals surface area contributed by atoms with E-state index in [0.29, 0.717) is 5.02 Å². The van der Waals surface area contributed by atoms with Gasteiger partial charge in [-0.2, -0.15) is 0 Å². The maximum absolute atomic E-state index is 5.97. The fourth-order valence-electron chi connectivity index (χ4n) is 2.53. The third kappa shape index (κ3) is 3.61. The molecule has 0 aromatic carbocycles. The summed E-state index contributed by atoms with van der Waals surface area (Å²) >= 11 is 11.4. The van der Waals surface area contributed by atoms with Crippen LogP contribution in [0.5, 0.6) is 0 Å². The van der Waals surface area contributed by atoms with Crippen molar-refractivity contribution in [2.75, 3.05) is 0 Å². The van der Waals surface area contributed by atoms with Crippen LogP contribution in [0.2, 0.25) is 5.02 Å². The topological polar surface area (TPSA) is 33.6 Å². The lowest BCUT2D eigenvalue weighted by molar-refractivity contribution is 0.273. The number of H-pyrrole nitrogens is 1. The van der Waals surface area contributed by atoms with Crippen LogP contribution in [0.4, 0.5) is 0 Å². The summed E-state index contributed by atoms with van der Waals surface area (Å²) in [6.07, 6.45) is 6.67. The Labute approximate surface area is 130 Å². The van der Waals surface area contributed by atoms with Crippen molar-refractivity contribution in [1.29, 1.82) is 0 Å². The first-order valence-corrected chi connectivity index (χ1v) is 7.95. The largest absolute Gasteiger partial charge is 0.329 e. The maximum Gasteiger partial charge on any atom is 0.179 e. The Morgan fingerprint density at radius 3 is 2.85 bits per heavy atom. The molecule has 2 aromatic rings. The Morgan fingerprint density at radius 2 is 2.15 bits per heavy atom. The molecule has 0 spiro atoms. The minimum Gasteiger partial charge on any atom is -0.329 e. The molecule has 2 rings (SSSR count). The molecule has 0 bridgehead atoms. The summed E-state index contributed by atoms with van der Waals surface area (Å²) < 4.78 is 2.81. The Balaban J connectivity index is 2.24. The molecule has 0 fully saturated rings. The number of halogens is 1. The third-order valence-corrected chi connectivity index (χ3v) is 4.15. The van der Waals surface area contributed by atoms with Crippen molar-refractivity contribution in [2.45, 2.75) is 53.0 Å². The predicted molar refractivity (Wildman–Crippen MR) is 87.9 cm³/mol. The fourth-order valence-corrected chi connectivity index (χ4v) is 2.94. The second kappa shape index (κ2) is 6.27. The van der Waals surface area contributed by atoms with Gasteiger partial charge in [0.15, 0.2) is 10.4 Å². The van der Waals surface area contributed by atoms with Gasteiger partial charge in [0.25, 0.3) is 0 Å². The van der Waals surface area contributed by atoms with Crippen molar-refractivity contribution in [2.24, 2.45) is 5.41 Å². The van der Waals surface area contributed by atoms with Gasteiger partial charge < -0.3 is 9.55 Å². The number of nitrogens with one attached hydrogen (secondary N) is 1. The van der Waals surface area contributed by atoms with Gasteiger partial charge >= 0.3 is 0 Å². The highest BCUT2D eigenvalue weighted by Crippen LogP contribution is 2.28. The van der Waals surface area contributed by atoms with Crippen LogP contribution in [0.15, 0.2) is 12.3 Å². The van der Waals surface area contributed by atoms with Gasteiger partial charge in [0.05, 0.1) is 10.5 Å². The highest BCUT2D eigenvalue weighted by molar-refractivity contribution is 7.71. The average Bonchev–Trinajstić information content (AvgIpc) is 2.65. The predicted octanol–water partition coefficient (Wildman–Crippen LogP) is 5.35. The van der Waals surface area contributed by atoms with Crippen LogP contribution in [-0.4, -0.2) is 14.5 Å². The van der Waals surface area contributed by atoms with E-state index in [9.17, 15) is 0 Å². The smallest absolute Gasteiger partial charge is 0.179 e. The molecule has 2 heterocycles. The highest BCUT2D eigenvalue weighted by Gasteiger charge is 2.20. The maximum atomic E-state index is 5.97. The molecule has 5 heteroatoms. The first kappa shape index (κ1) is 15.5. The van der Waals surface area contributed by atoms with Crippen molar-refractivity contribution in [3.63, 3.8) is 0 Å². The summed E-state index contributed by atoms with van der Waals surface area (Å²) in [7, 11) is 0. The minimum absolute atomic E-state index is 0.212. The van der Waals surface area contributed by atoms with Gasteiger partial charge in [-0.05, 0) is 30.1 Å². The summed E-state index contributed by atoms with van der Waals surface area (Å²) in [6.45, 7) is 7.69. The Hall–Kier alpha value is -0.870. The van der Waals surface area contributed by atoms with Crippen molar-refractivity contribution in [3.8, 4) is 0 Å². The molecule has 3 nitrogen and oxygen atoms in total. The van der Waals surface area contributed by atoms with Gasteiger partial charge in [0.1, 0.15) is 0 Å². The second-order valence-electron chi connectivity index (χ2n) is 6.16. The zero-order valence-corrected chi connectivity index (χ0v) is 13.9. The molecular weight excluding hydrogens is 290 g/mol. The first-order chi connectivity index (χ1) is 9.43. The van der Waals surface area contributed by atoms with E-state index in [0.717, 1.165) is 22.5 Å². The van der Waals surface area contributed by atoms with E-state index >= 15 is 0 Å². The Bertz CT molecular complexity index is 642. The zero-order chi connectivity index (χ0) is 14.8. The van der Waals surface area contributed by atoms with Gasteiger partial charge in [-0.3, -0.25) is 0 Å². The molecule has 0 atom stereocenters. The van der Waals surface area contributed by atoms with E-state index in [2.05, 4.69) is 35.3 Å². The summed E-state index contributed by atoms with van der Waals surface area (Å²) in [5, 5.41) is 0.628. The van der Waals surface area contributed by atoms with Gasteiger partial charge in [0.2, 0.25) is 0 Å². The first-order valence-electron chi connectivity index (χ1n) is 7.17. The number of nitrogens with zero attached hydrogens (tertiary/aromatic N) is 2. The minimum atomic E-state index is 0.212. The number of fused-ring (bicyclic) bond motifs is 1. The van der Waals surface area contributed by atoms with Crippen LogP contribution >= 0.6 is 23.8 Å². The van der Waals surface area contributed by atoms with Crippen LogP contribution in [0.1, 0.15) is 46.5 Å². The number of rotatable bonds is 6. The number of imidazole rings is 1. The summed E-state index contributed by atoms with van der Waals surface area (Å²) in [5.41, 5.74) is 2.01. The van der Waals surface area contributed by atoms with Crippen molar-refractivity contribution in [3.05, 3.63) is 22.1 Å². The molecule has 0 amide bonds. The monoisotopic (exact) mass is 311 g/mol. The average molecular weight is 312 g/mol. The molecular formula is C15H22ClN3S. The lowest BCUT2D eigenvalue weighted by Crippen LogP contribution is -2.20. The van der Waals surface area contributed by atoms with Crippen molar-refractivity contribution in [1.82, 2.24) is 14.5 Å². The lowest BCUT2D eigenvalue weighted by atomic mass is 9.87. The number of aromatic amines is 1. The number of aromatic nitrogens is 3. The van der Waals surface area contributed by atoms with E-state index in [4.69, 9.17) is 23.8 Å². The molecule has 0 saturated carbocycles. The molecule has 0 saturated heterocycles. The molecule has 20 heavy (non-hydrogen) atoms. The molecule has 0 aliphatic heterocycles. The Morgan fingerprint density at radius 1 is 1.40 bits per heavy atom. The highest BCUT2D eigenvalue weighted by atomic mass is 35.5. The molecule has 0 unspecified atom stereocenters. The molecule has 0 aliphatic carbocycles. The van der Waals surface area contributed by atoms with Crippen molar-refractivity contribution < 1.29 is 0 Å². The van der Waals surface area contributed by atoms with E-state index < -0.39 is 0 Å². The van der Waals surface area contributed by atoms with Gasteiger partial charge in [-0.15, -0.1) is 0 Å². The zero-order valence-electron chi connectivity index (χ0n) is 12.4. The van der Waals surface area contributed by atoms with Gasteiger partial charge in [-0.25, -0.2) is 4.98 Å². The van der Waals surface area contributed by atoms with E-state index in [1.807, 2.05) is 6.07 Å². The van der Waals surface area contributed by atoms with E-state index in [-0.39, 0.29) is 5.41 Å². The molecule has 0 aliphatic rings. The standard InChI is InChI=1S/C15H22ClN3S/c1-4-5-6-7-15(2,3)10-19-13-12(18-14(19)20)8-11(16)9-17-13/h8-9H,4-7,10H2,1-3H3,(H,18,20). The Kier molecular flexibility index (Phi) is 4.86. The van der Waals surface area contributed by atoms with Crippen LogP contribution < -0.4 is 0 Å². The number of hydrogen-bond donors (Lipinski definition) is 1. The number of hydrogen-bond acceptors (Lipinski definition) is 2. The van der Waals surface area contributed by atoms with Crippen LogP contribution in [0, 0.1) is 10.2 Å². The lowest BCUT2D eigenvalue weighted by Gasteiger charge is -2.25. The molecule has 110 valence electrons. The number of pyridine rings is 1. The summed E-state index contributed by atoms with van der Waals surface area (Å²) in [6, 6.07) is 1.88. The molecule has 2 aromatic heterocycles. The summed E-state index contributed by atoms with van der Waals surface area (Å²) in [4.78, 5) is 7.60. The number of unbranched alkanes of at least 4 members (excludes halogenated alkanes) is 2. The fraction of sp³-hybridized carbons (Fsp3) is 0.600. The van der Waals surface area contributed by atoms with Gasteiger partial charge in [0, 0.05) is 12.7 Å². The molecule has 0 radical (unpaired) electrons. The normalized spacial score (nSPS) is 12.2.